The number of sulfonamides is 1. The van der Waals surface area contributed by atoms with Crippen LogP contribution in [0.25, 0.3) is 0 Å². The van der Waals surface area contributed by atoms with Crippen molar-refractivity contribution in [3.63, 3.8) is 0 Å². The standard InChI is InChI=1S/C21H20FNO4S/c1-26-21-11-10-19(15-20(21)22)28(24,25)23-17-8-5-9-18(14-17)27-13-12-16-6-3-2-4-7-16/h2-11,14-15,23H,12-13H2,1H3. The molecule has 28 heavy (non-hydrogen) atoms. The van der Waals surface area contributed by atoms with E-state index in [9.17, 15) is 12.8 Å². The Balaban J connectivity index is 1.67. The van der Waals surface area contributed by atoms with Crippen molar-refractivity contribution in [3.05, 3.63) is 84.2 Å². The molecule has 0 aromatic heterocycles. The highest BCUT2D eigenvalue weighted by atomic mass is 32.2. The maximum absolute atomic E-state index is 13.8. The smallest absolute Gasteiger partial charge is 0.262 e. The van der Waals surface area contributed by atoms with Gasteiger partial charge in [0.25, 0.3) is 10.0 Å². The van der Waals surface area contributed by atoms with E-state index in [4.69, 9.17) is 9.47 Å². The summed E-state index contributed by atoms with van der Waals surface area (Å²) in [6.45, 7) is 0.462. The van der Waals surface area contributed by atoms with E-state index in [-0.39, 0.29) is 10.6 Å². The lowest BCUT2D eigenvalue weighted by molar-refractivity contribution is 0.322. The van der Waals surface area contributed by atoms with Crippen molar-refractivity contribution in [2.75, 3.05) is 18.4 Å². The number of anilines is 1. The lowest BCUT2D eigenvalue weighted by atomic mass is 10.2. The summed E-state index contributed by atoms with van der Waals surface area (Å²) < 4.78 is 51.8. The summed E-state index contributed by atoms with van der Waals surface area (Å²) in [4.78, 5) is -0.193. The van der Waals surface area contributed by atoms with Crippen molar-refractivity contribution in [3.8, 4) is 11.5 Å². The van der Waals surface area contributed by atoms with Gasteiger partial charge in [0, 0.05) is 12.5 Å². The number of hydrogen-bond donors (Lipinski definition) is 1. The highest BCUT2D eigenvalue weighted by molar-refractivity contribution is 7.92. The van der Waals surface area contributed by atoms with Gasteiger partial charge in [-0.2, -0.15) is 0 Å². The average molecular weight is 401 g/mol. The van der Waals surface area contributed by atoms with Crippen LogP contribution in [0.3, 0.4) is 0 Å². The van der Waals surface area contributed by atoms with Crippen LogP contribution in [0.5, 0.6) is 11.5 Å². The van der Waals surface area contributed by atoms with Gasteiger partial charge in [0.2, 0.25) is 0 Å². The van der Waals surface area contributed by atoms with Gasteiger partial charge in [-0.1, -0.05) is 36.4 Å². The first-order chi connectivity index (χ1) is 13.5. The van der Waals surface area contributed by atoms with Crippen molar-refractivity contribution in [1.29, 1.82) is 0 Å². The van der Waals surface area contributed by atoms with Gasteiger partial charge in [-0.25, -0.2) is 12.8 Å². The first-order valence-electron chi connectivity index (χ1n) is 8.61. The Morgan fingerprint density at radius 3 is 2.46 bits per heavy atom. The molecule has 7 heteroatoms. The van der Waals surface area contributed by atoms with E-state index in [1.54, 1.807) is 24.3 Å². The zero-order valence-electron chi connectivity index (χ0n) is 15.3. The number of rotatable bonds is 8. The minimum absolute atomic E-state index is 0.0206. The van der Waals surface area contributed by atoms with E-state index >= 15 is 0 Å². The van der Waals surface area contributed by atoms with E-state index in [2.05, 4.69) is 4.72 Å². The lowest BCUT2D eigenvalue weighted by Gasteiger charge is -2.11. The molecule has 3 aromatic carbocycles. The lowest BCUT2D eigenvalue weighted by Crippen LogP contribution is -2.13. The monoisotopic (exact) mass is 401 g/mol. The Hall–Kier alpha value is -3.06. The highest BCUT2D eigenvalue weighted by Crippen LogP contribution is 2.24. The predicted molar refractivity (Wildman–Crippen MR) is 106 cm³/mol. The summed E-state index contributed by atoms with van der Waals surface area (Å²) in [7, 11) is -2.63. The van der Waals surface area contributed by atoms with Crippen LogP contribution in [0.1, 0.15) is 5.56 Å². The third-order valence-electron chi connectivity index (χ3n) is 4.02. The predicted octanol–water partition coefficient (Wildman–Crippen LogP) is 4.26. The van der Waals surface area contributed by atoms with Crippen molar-refractivity contribution in [1.82, 2.24) is 0 Å². The van der Waals surface area contributed by atoms with Crippen LogP contribution in [0.15, 0.2) is 77.7 Å². The van der Waals surface area contributed by atoms with Crippen LogP contribution < -0.4 is 14.2 Å². The van der Waals surface area contributed by atoms with E-state index in [0.29, 0.717) is 18.0 Å². The van der Waals surface area contributed by atoms with Crippen LogP contribution in [0, 0.1) is 5.82 Å². The maximum atomic E-state index is 13.8. The fraction of sp³-hybridized carbons (Fsp3) is 0.143. The molecule has 146 valence electrons. The first kappa shape index (κ1) is 19.7. The number of nitrogens with one attached hydrogen (secondary N) is 1. The number of ether oxygens (including phenoxy) is 2. The van der Waals surface area contributed by atoms with Crippen LogP contribution in [-0.2, 0) is 16.4 Å². The van der Waals surface area contributed by atoms with Crippen molar-refractivity contribution in [2.45, 2.75) is 11.3 Å². The van der Waals surface area contributed by atoms with E-state index in [1.165, 1.54) is 19.2 Å². The van der Waals surface area contributed by atoms with Gasteiger partial charge in [0.15, 0.2) is 11.6 Å². The second kappa shape index (κ2) is 8.75. The summed E-state index contributed by atoms with van der Waals surface area (Å²) in [5.74, 6) is -0.229. The molecule has 0 atom stereocenters. The van der Waals surface area contributed by atoms with Gasteiger partial charge in [-0.05, 0) is 35.9 Å². The van der Waals surface area contributed by atoms with Crippen molar-refractivity contribution in [2.24, 2.45) is 0 Å². The molecule has 5 nitrogen and oxygen atoms in total. The number of benzene rings is 3. The summed E-state index contributed by atoms with van der Waals surface area (Å²) in [6, 6.07) is 20.0. The SMILES string of the molecule is COc1ccc(S(=O)(=O)Nc2cccc(OCCc3ccccc3)c2)cc1F. The Morgan fingerprint density at radius 1 is 0.964 bits per heavy atom. The summed E-state index contributed by atoms with van der Waals surface area (Å²) in [6.07, 6.45) is 0.738. The Labute approximate surface area is 163 Å². The van der Waals surface area contributed by atoms with Gasteiger partial charge >= 0.3 is 0 Å². The molecule has 0 aliphatic heterocycles. The summed E-state index contributed by atoms with van der Waals surface area (Å²) >= 11 is 0. The minimum atomic E-state index is -3.94. The first-order valence-corrected chi connectivity index (χ1v) is 10.1. The normalized spacial score (nSPS) is 11.1. The number of halogens is 1. The van der Waals surface area contributed by atoms with Crippen LogP contribution >= 0.6 is 0 Å². The summed E-state index contributed by atoms with van der Waals surface area (Å²) in [5, 5.41) is 0. The van der Waals surface area contributed by atoms with Crippen LogP contribution in [-0.4, -0.2) is 22.1 Å². The quantitative estimate of drug-likeness (QED) is 0.613. The molecule has 0 bridgehead atoms. The Morgan fingerprint density at radius 2 is 1.75 bits per heavy atom. The van der Waals surface area contributed by atoms with Crippen LogP contribution in [0.4, 0.5) is 10.1 Å². The minimum Gasteiger partial charge on any atom is -0.494 e. The molecule has 0 aliphatic rings. The molecular formula is C21H20FNO4S. The third-order valence-corrected chi connectivity index (χ3v) is 5.40. The largest absolute Gasteiger partial charge is 0.494 e. The second-order valence-electron chi connectivity index (χ2n) is 6.01. The van der Waals surface area contributed by atoms with Crippen molar-refractivity contribution >= 4 is 15.7 Å². The van der Waals surface area contributed by atoms with E-state index in [0.717, 1.165) is 18.1 Å². The topological polar surface area (TPSA) is 64.6 Å². The molecule has 0 saturated heterocycles. The molecule has 0 radical (unpaired) electrons. The maximum Gasteiger partial charge on any atom is 0.262 e. The van der Waals surface area contributed by atoms with E-state index < -0.39 is 15.8 Å². The molecule has 1 N–H and O–H groups in total. The fourth-order valence-electron chi connectivity index (χ4n) is 2.61. The van der Waals surface area contributed by atoms with Crippen LogP contribution in [0.2, 0.25) is 0 Å². The van der Waals surface area contributed by atoms with Gasteiger partial charge < -0.3 is 9.47 Å². The Kier molecular flexibility index (Phi) is 6.16. The molecule has 0 spiro atoms. The van der Waals surface area contributed by atoms with E-state index in [1.807, 2.05) is 30.3 Å². The van der Waals surface area contributed by atoms with Gasteiger partial charge in [0.05, 0.1) is 24.3 Å². The summed E-state index contributed by atoms with van der Waals surface area (Å²) in [5.41, 5.74) is 1.48. The molecule has 0 saturated carbocycles. The molecule has 0 amide bonds. The fourth-order valence-corrected chi connectivity index (χ4v) is 3.67. The zero-order chi connectivity index (χ0) is 20.0. The molecule has 3 rings (SSSR count). The van der Waals surface area contributed by atoms with Crippen molar-refractivity contribution < 1.29 is 22.3 Å². The zero-order valence-corrected chi connectivity index (χ0v) is 16.1. The molecule has 0 fully saturated rings. The molecule has 0 heterocycles. The average Bonchev–Trinajstić information content (AvgIpc) is 2.69. The van der Waals surface area contributed by atoms with Gasteiger partial charge in [-0.3, -0.25) is 4.72 Å². The number of hydrogen-bond acceptors (Lipinski definition) is 4. The van der Waals surface area contributed by atoms with Gasteiger partial charge in [0.1, 0.15) is 5.75 Å². The Bertz CT molecular complexity index is 1040. The highest BCUT2D eigenvalue weighted by Gasteiger charge is 2.17. The number of methoxy groups -OCH3 is 1. The molecular weight excluding hydrogens is 381 g/mol. The second-order valence-corrected chi connectivity index (χ2v) is 7.70. The third kappa shape index (κ3) is 5.01. The molecule has 0 aliphatic carbocycles. The van der Waals surface area contributed by atoms with Gasteiger partial charge in [-0.15, -0.1) is 0 Å². The molecule has 3 aromatic rings. The molecule has 0 unspecified atom stereocenters.